The lowest BCUT2D eigenvalue weighted by Crippen LogP contribution is -2.17. The Morgan fingerprint density at radius 1 is 1.33 bits per heavy atom. The van der Waals surface area contributed by atoms with Crippen molar-refractivity contribution < 1.29 is 9.13 Å². The molecule has 1 aliphatic rings. The molecular weight excluding hydrogens is 249 g/mol. The number of rotatable bonds is 4. The van der Waals surface area contributed by atoms with Crippen LogP contribution in [0.25, 0.3) is 0 Å². The first-order valence-electron chi connectivity index (χ1n) is 6.36. The molecule has 2 rings (SSSR count). The molecule has 1 aromatic carbocycles. The maximum Gasteiger partial charge on any atom is 0.128 e. The molecule has 0 aromatic heterocycles. The van der Waals surface area contributed by atoms with Crippen molar-refractivity contribution in [2.45, 2.75) is 44.8 Å². The van der Waals surface area contributed by atoms with E-state index in [1.165, 1.54) is 25.3 Å². The molecule has 1 aliphatic carbocycles. The molecule has 4 heteroatoms. The van der Waals surface area contributed by atoms with Crippen LogP contribution >= 0.6 is 12.2 Å². The summed E-state index contributed by atoms with van der Waals surface area (Å²) >= 11 is 4.89. The molecule has 18 heavy (non-hydrogen) atoms. The van der Waals surface area contributed by atoms with E-state index in [1.54, 1.807) is 12.1 Å². The molecule has 2 N–H and O–H groups in total. The summed E-state index contributed by atoms with van der Waals surface area (Å²) in [6.45, 7) is 0.299. The Bertz CT molecular complexity index is 430. The Hall–Kier alpha value is -1.00. The van der Waals surface area contributed by atoms with Crippen molar-refractivity contribution in [2.24, 2.45) is 5.73 Å². The van der Waals surface area contributed by atoms with Gasteiger partial charge in [0.2, 0.25) is 0 Å². The SMILES string of the molecule is NC(=S)c1ccc(F)c(COC2CCCCC2)c1. The van der Waals surface area contributed by atoms with Crippen LogP contribution in [0.3, 0.4) is 0 Å². The summed E-state index contributed by atoms with van der Waals surface area (Å²) in [7, 11) is 0. The summed E-state index contributed by atoms with van der Waals surface area (Å²) in [6, 6.07) is 4.68. The highest BCUT2D eigenvalue weighted by Crippen LogP contribution is 2.22. The average Bonchev–Trinajstić information content (AvgIpc) is 2.38. The zero-order chi connectivity index (χ0) is 13.0. The zero-order valence-electron chi connectivity index (χ0n) is 10.3. The number of nitrogens with two attached hydrogens (primary N) is 1. The van der Waals surface area contributed by atoms with Crippen molar-refractivity contribution in [1.82, 2.24) is 0 Å². The standard InChI is InChI=1S/C14H18FNOS/c15-13-7-6-10(14(16)18)8-11(13)9-17-12-4-2-1-3-5-12/h6-8,12H,1-5,9H2,(H2,16,18). The van der Waals surface area contributed by atoms with E-state index in [-0.39, 0.29) is 16.9 Å². The van der Waals surface area contributed by atoms with Crippen LogP contribution in [0.5, 0.6) is 0 Å². The van der Waals surface area contributed by atoms with E-state index in [1.807, 2.05) is 0 Å². The van der Waals surface area contributed by atoms with Gasteiger partial charge >= 0.3 is 0 Å². The van der Waals surface area contributed by atoms with Gasteiger partial charge < -0.3 is 10.5 Å². The second-order valence-electron chi connectivity index (χ2n) is 4.74. The monoisotopic (exact) mass is 267 g/mol. The van der Waals surface area contributed by atoms with Crippen molar-refractivity contribution in [3.63, 3.8) is 0 Å². The quantitative estimate of drug-likeness (QED) is 0.850. The molecule has 0 atom stereocenters. The van der Waals surface area contributed by atoms with Crippen LogP contribution in [0.4, 0.5) is 4.39 Å². The van der Waals surface area contributed by atoms with Crippen molar-refractivity contribution in [2.75, 3.05) is 0 Å². The van der Waals surface area contributed by atoms with Gasteiger partial charge in [0, 0.05) is 11.1 Å². The molecule has 0 bridgehead atoms. The third-order valence-electron chi connectivity index (χ3n) is 3.36. The minimum absolute atomic E-state index is 0.259. The summed E-state index contributed by atoms with van der Waals surface area (Å²) in [6.07, 6.45) is 6.13. The number of hydrogen-bond donors (Lipinski definition) is 1. The van der Waals surface area contributed by atoms with Gasteiger partial charge in [-0.1, -0.05) is 31.5 Å². The summed E-state index contributed by atoms with van der Waals surface area (Å²) < 4.78 is 19.4. The second kappa shape index (κ2) is 6.25. The molecule has 1 aromatic rings. The lowest BCUT2D eigenvalue weighted by molar-refractivity contribution is 0.0156. The lowest BCUT2D eigenvalue weighted by atomic mass is 9.98. The largest absolute Gasteiger partial charge is 0.389 e. The Labute approximate surface area is 112 Å². The molecular formula is C14H18FNOS. The molecule has 0 saturated heterocycles. The Morgan fingerprint density at radius 3 is 2.72 bits per heavy atom. The molecule has 0 aliphatic heterocycles. The summed E-state index contributed by atoms with van der Waals surface area (Å²) in [5, 5.41) is 0. The molecule has 2 nitrogen and oxygen atoms in total. The van der Waals surface area contributed by atoms with Crippen molar-refractivity contribution in [3.8, 4) is 0 Å². The normalized spacial score (nSPS) is 16.7. The lowest BCUT2D eigenvalue weighted by Gasteiger charge is -2.22. The zero-order valence-corrected chi connectivity index (χ0v) is 11.1. The van der Waals surface area contributed by atoms with Gasteiger partial charge in [-0.25, -0.2) is 4.39 Å². The summed E-state index contributed by atoms with van der Waals surface area (Å²) in [5.41, 5.74) is 6.76. The van der Waals surface area contributed by atoms with Gasteiger partial charge in [0.25, 0.3) is 0 Å². The average molecular weight is 267 g/mol. The Balaban J connectivity index is 1.99. The minimum Gasteiger partial charge on any atom is -0.389 e. The topological polar surface area (TPSA) is 35.2 Å². The molecule has 1 fully saturated rings. The van der Waals surface area contributed by atoms with Gasteiger partial charge in [-0.2, -0.15) is 0 Å². The molecule has 0 radical (unpaired) electrons. The Morgan fingerprint density at radius 2 is 2.06 bits per heavy atom. The van der Waals surface area contributed by atoms with Gasteiger partial charge in [0.05, 0.1) is 12.7 Å². The summed E-state index contributed by atoms with van der Waals surface area (Å²) in [4.78, 5) is 0.286. The van der Waals surface area contributed by atoms with Crippen LogP contribution in [0.2, 0.25) is 0 Å². The predicted molar refractivity (Wildman–Crippen MR) is 73.9 cm³/mol. The number of halogens is 1. The highest BCUT2D eigenvalue weighted by atomic mass is 32.1. The maximum atomic E-state index is 13.6. The van der Waals surface area contributed by atoms with Gasteiger partial charge in [-0.15, -0.1) is 0 Å². The van der Waals surface area contributed by atoms with Gasteiger partial charge in [-0.3, -0.25) is 0 Å². The van der Waals surface area contributed by atoms with Gasteiger partial charge in [0.15, 0.2) is 0 Å². The Kier molecular flexibility index (Phi) is 4.66. The van der Waals surface area contributed by atoms with E-state index in [2.05, 4.69) is 0 Å². The van der Waals surface area contributed by atoms with Crippen LogP contribution in [0, 0.1) is 5.82 Å². The van der Waals surface area contributed by atoms with E-state index in [0.717, 1.165) is 12.8 Å². The van der Waals surface area contributed by atoms with E-state index >= 15 is 0 Å². The van der Waals surface area contributed by atoms with Crippen molar-refractivity contribution in [1.29, 1.82) is 0 Å². The van der Waals surface area contributed by atoms with Crippen molar-refractivity contribution in [3.05, 3.63) is 35.1 Å². The van der Waals surface area contributed by atoms with E-state index in [0.29, 0.717) is 17.7 Å². The fraction of sp³-hybridized carbons (Fsp3) is 0.500. The third kappa shape index (κ3) is 3.50. The molecule has 98 valence electrons. The number of benzene rings is 1. The van der Waals surface area contributed by atoms with E-state index < -0.39 is 0 Å². The molecule has 0 unspecified atom stereocenters. The van der Waals surface area contributed by atoms with E-state index in [9.17, 15) is 4.39 Å². The highest BCUT2D eigenvalue weighted by molar-refractivity contribution is 7.80. The van der Waals surface area contributed by atoms with Crippen molar-refractivity contribution >= 4 is 17.2 Å². The minimum atomic E-state index is -0.259. The van der Waals surface area contributed by atoms with Gasteiger partial charge in [0.1, 0.15) is 10.8 Å². The second-order valence-corrected chi connectivity index (χ2v) is 5.18. The molecule has 0 spiro atoms. The fourth-order valence-corrected chi connectivity index (χ4v) is 2.41. The first kappa shape index (κ1) is 13.4. The molecule has 0 heterocycles. The van der Waals surface area contributed by atoms with Crippen LogP contribution in [-0.2, 0) is 11.3 Å². The van der Waals surface area contributed by atoms with Crippen LogP contribution in [-0.4, -0.2) is 11.1 Å². The number of thiocarbonyl (C=S) groups is 1. The third-order valence-corrected chi connectivity index (χ3v) is 3.59. The highest BCUT2D eigenvalue weighted by Gasteiger charge is 2.14. The van der Waals surface area contributed by atoms with Gasteiger partial charge in [-0.05, 0) is 31.0 Å². The van der Waals surface area contributed by atoms with Crippen LogP contribution < -0.4 is 5.73 Å². The molecule has 0 amide bonds. The number of ether oxygens (including phenoxy) is 1. The first-order valence-corrected chi connectivity index (χ1v) is 6.77. The van der Waals surface area contributed by atoms with Crippen LogP contribution in [0.15, 0.2) is 18.2 Å². The van der Waals surface area contributed by atoms with E-state index in [4.69, 9.17) is 22.7 Å². The fourth-order valence-electron chi connectivity index (χ4n) is 2.28. The summed E-state index contributed by atoms with van der Waals surface area (Å²) in [5.74, 6) is -0.259. The first-order chi connectivity index (χ1) is 8.66. The number of hydrogen-bond acceptors (Lipinski definition) is 2. The maximum absolute atomic E-state index is 13.6. The smallest absolute Gasteiger partial charge is 0.128 e. The molecule has 1 saturated carbocycles. The van der Waals surface area contributed by atoms with Crippen LogP contribution in [0.1, 0.15) is 43.2 Å². The predicted octanol–water partition coefficient (Wildman–Crippen LogP) is 3.31.